The van der Waals surface area contributed by atoms with E-state index < -0.39 is 22.7 Å². The molecule has 0 N–H and O–H groups in total. The number of rotatable bonds is 5. The smallest absolute Gasteiger partial charge is 0.329 e. The lowest BCUT2D eigenvalue weighted by Gasteiger charge is -2.21. The van der Waals surface area contributed by atoms with Gasteiger partial charge in [0.2, 0.25) is 0 Å². The number of non-ortho nitro benzene ring substituents is 1. The number of nitrogens with zero attached hydrogens (tertiary/aromatic N) is 3. The highest BCUT2D eigenvalue weighted by Crippen LogP contribution is 2.28. The molecule has 2 aromatic rings. The van der Waals surface area contributed by atoms with Crippen molar-refractivity contribution in [3.05, 3.63) is 58.6 Å². The Hall–Kier alpha value is -3.75. The Balaban J connectivity index is 1.71. The number of nitro groups is 1. The Morgan fingerprint density at radius 3 is 2.17 bits per heavy atom. The Morgan fingerprint density at radius 2 is 1.63 bits per heavy atom. The Morgan fingerprint density at radius 1 is 1.07 bits per heavy atom. The van der Waals surface area contributed by atoms with Gasteiger partial charge in [0.05, 0.1) is 16.3 Å². The summed E-state index contributed by atoms with van der Waals surface area (Å²) in [5.74, 6) is -1.78. The summed E-state index contributed by atoms with van der Waals surface area (Å²) in [4.78, 5) is 35.5. The standard InChI is InChI=1S/C21H21N3O6/c1-13-18(20(26)29-16-9-7-15(8-10-16)24(27)28)19(25)23(22-13)14-5-11-17(12-6-14)30-21(2,3)4/h5-12,18H,1-4H3. The maximum atomic E-state index is 12.8. The van der Waals surface area contributed by atoms with Crippen molar-refractivity contribution >= 4 is 29.0 Å². The molecule has 9 heteroatoms. The van der Waals surface area contributed by atoms with Gasteiger partial charge in [-0.15, -0.1) is 0 Å². The van der Waals surface area contributed by atoms with E-state index in [2.05, 4.69) is 5.10 Å². The van der Waals surface area contributed by atoms with Gasteiger partial charge in [-0.1, -0.05) is 0 Å². The topological polar surface area (TPSA) is 111 Å². The van der Waals surface area contributed by atoms with Crippen molar-refractivity contribution in [2.24, 2.45) is 11.0 Å². The van der Waals surface area contributed by atoms with Crippen LogP contribution in [0.25, 0.3) is 0 Å². The van der Waals surface area contributed by atoms with Crippen LogP contribution in [-0.4, -0.2) is 28.1 Å². The number of hydrogen-bond donors (Lipinski definition) is 0. The second-order valence-electron chi connectivity index (χ2n) is 7.70. The van der Waals surface area contributed by atoms with Gasteiger partial charge in [-0.2, -0.15) is 10.1 Å². The minimum atomic E-state index is -1.19. The molecule has 1 unspecified atom stereocenters. The number of anilines is 1. The molecule has 30 heavy (non-hydrogen) atoms. The molecule has 0 spiro atoms. The number of nitro benzene ring substituents is 1. The van der Waals surface area contributed by atoms with E-state index in [1.165, 1.54) is 24.3 Å². The van der Waals surface area contributed by atoms with Crippen LogP contribution in [0.3, 0.4) is 0 Å². The largest absolute Gasteiger partial charge is 0.488 e. The molecule has 0 aromatic heterocycles. The van der Waals surface area contributed by atoms with E-state index in [1.54, 1.807) is 31.2 Å². The van der Waals surface area contributed by atoms with E-state index in [-0.39, 0.29) is 17.0 Å². The minimum absolute atomic E-state index is 0.105. The molecule has 0 bridgehead atoms. The van der Waals surface area contributed by atoms with Crippen molar-refractivity contribution in [1.82, 2.24) is 0 Å². The number of esters is 1. The molecule has 1 amide bonds. The second kappa shape index (κ2) is 7.94. The monoisotopic (exact) mass is 411 g/mol. The summed E-state index contributed by atoms with van der Waals surface area (Å²) < 4.78 is 11.0. The molecular formula is C21H21N3O6. The van der Waals surface area contributed by atoms with E-state index in [4.69, 9.17) is 9.47 Å². The van der Waals surface area contributed by atoms with Gasteiger partial charge in [0.15, 0.2) is 5.92 Å². The summed E-state index contributed by atoms with van der Waals surface area (Å²) in [6, 6.07) is 11.8. The van der Waals surface area contributed by atoms with Gasteiger partial charge in [0.1, 0.15) is 17.1 Å². The number of carbonyl (C=O) groups is 2. The molecule has 1 atom stereocenters. The van der Waals surface area contributed by atoms with Crippen LogP contribution in [0.1, 0.15) is 27.7 Å². The van der Waals surface area contributed by atoms with Gasteiger partial charge in [-0.3, -0.25) is 19.7 Å². The van der Waals surface area contributed by atoms with Crippen LogP contribution in [0.5, 0.6) is 11.5 Å². The second-order valence-corrected chi connectivity index (χ2v) is 7.70. The summed E-state index contributed by atoms with van der Waals surface area (Å²) in [5, 5.41) is 16.1. The summed E-state index contributed by atoms with van der Waals surface area (Å²) >= 11 is 0. The van der Waals surface area contributed by atoms with Crippen molar-refractivity contribution in [1.29, 1.82) is 0 Å². The lowest BCUT2D eigenvalue weighted by atomic mass is 10.1. The molecule has 1 aliphatic heterocycles. The quantitative estimate of drug-likeness (QED) is 0.244. The molecule has 0 saturated carbocycles. The van der Waals surface area contributed by atoms with Gasteiger partial charge >= 0.3 is 5.97 Å². The van der Waals surface area contributed by atoms with Gasteiger partial charge in [0, 0.05) is 12.1 Å². The Labute approximate surface area is 173 Å². The average molecular weight is 411 g/mol. The lowest BCUT2D eigenvalue weighted by Crippen LogP contribution is -2.35. The van der Waals surface area contributed by atoms with Crippen LogP contribution in [0.4, 0.5) is 11.4 Å². The first-order valence-electron chi connectivity index (χ1n) is 9.19. The van der Waals surface area contributed by atoms with E-state index in [9.17, 15) is 19.7 Å². The Bertz CT molecular complexity index is 1010. The summed E-state index contributed by atoms with van der Waals surface area (Å²) in [6.45, 7) is 7.36. The SMILES string of the molecule is CC1=NN(c2ccc(OC(C)(C)C)cc2)C(=O)C1C(=O)Oc1ccc([N+](=O)[O-])cc1. The van der Waals surface area contributed by atoms with Gasteiger partial charge < -0.3 is 9.47 Å². The van der Waals surface area contributed by atoms with Gasteiger partial charge in [0.25, 0.3) is 11.6 Å². The van der Waals surface area contributed by atoms with Crippen LogP contribution in [0.2, 0.25) is 0 Å². The fourth-order valence-electron chi connectivity index (χ4n) is 2.84. The van der Waals surface area contributed by atoms with Crippen molar-refractivity contribution < 1.29 is 24.0 Å². The van der Waals surface area contributed by atoms with Crippen molar-refractivity contribution in [3.8, 4) is 11.5 Å². The fourth-order valence-corrected chi connectivity index (χ4v) is 2.84. The third kappa shape index (κ3) is 4.62. The zero-order chi connectivity index (χ0) is 22.1. The molecule has 3 rings (SSSR count). The zero-order valence-electron chi connectivity index (χ0n) is 17.0. The van der Waals surface area contributed by atoms with Crippen molar-refractivity contribution in [2.45, 2.75) is 33.3 Å². The maximum absolute atomic E-state index is 12.8. The first kappa shape index (κ1) is 21.0. The average Bonchev–Trinajstić information content (AvgIpc) is 2.96. The normalized spacial score (nSPS) is 16.3. The first-order chi connectivity index (χ1) is 14.0. The highest BCUT2D eigenvalue weighted by Gasteiger charge is 2.41. The molecule has 0 radical (unpaired) electrons. The van der Waals surface area contributed by atoms with Crippen LogP contribution >= 0.6 is 0 Å². The molecule has 156 valence electrons. The molecule has 1 heterocycles. The third-order valence-corrected chi connectivity index (χ3v) is 4.14. The van der Waals surface area contributed by atoms with Crippen LogP contribution in [0.15, 0.2) is 53.6 Å². The number of ether oxygens (including phenoxy) is 2. The van der Waals surface area contributed by atoms with Gasteiger partial charge in [-0.05, 0) is 64.1 Å². The predicted molar refractivity (Wildman–Crippen MR) is 110 cm³/mol. The third-order valence-electron chi connectivity index (χ3n) is 4.14. The molecule has 1 aliphatic rings. The summed E-state index contributed by atoms with van der Waals surface area (Å²) in [6.07, 6.45) is 0. The van der Waals surface area contributed by atoms with Crippen molar-refractivity contribution in [3.63, 3.8) is 0 Å². The number of carbonyl (C=O) groups excluding carboxylic acids is 2. The Kier molecular flexibility index (Phi) is 5.55. The summed E-state index contributed by atoms with van der Waals surface area (Å²) in [5.41, 5.74) is 0.301. The highest BCUT2D eigenvalue weighted by molar-refractivity contribution is 6.25. The van der Waals surface area contributed by atoms with Crippen LogP contribution in [0, 0.1) is 16.0 Å². The van der Waals surface area contributed by atoms with Crippen LogP contribution in [-0.2, 0) is 9.59 Å². The number of benzene rings is 2. The van der Waals surface area contributed by atoms with E-state index in [1.807, 2.05) is 20.8 Å². The van der Waals surface area contributed by atoms with E-state index >= 15 is 0 Å². The lowest BCUT2D eigenvalue weighted by molar-refractivity contribution is -0.384. The predicted octanol–water partition coefficient (Wildman–Crippen LogP) is 3.72. The van der Waals surface area contributed by atoms with Crippen LogP contribution < -0.4 is 14.5 Å². The molecule has 0 aliphatic carbocycles. The molecular weight excluding hydrogens is 390 g/mol. The molecule has 0 fully saturated rings. The van der Waals surface area contributed by atoms with Crippen molar-refractivity contribution in [2.75, 3.05) is 5.01 Å². The fraction of sp³-hybridized carbons (Fsp3) is 0.286. The number of hydrazone groups is 1. The number of amides is 1. The molecule has 0 saturated heterocycles. The van der Waals surface area contributed by atoms with E-state index in [0.717, 1.165) is 5.01 Å². The highest BCUT2D eigenvalue weighted by atomic mass is 16.6. The molecule has 9 nitrogen and oxygen atoms in total. The summed E-state index contributed by atoms with van der Waals surface area (Å²) in [7, 11) is 0. The minimum Gasteiger partial charge on any atom is -0.488 e. The van der Waals surface area contributed by atoms with E-state index in [0.29, 0.717) is 17.1 Å². The molecule has 2 aromatic carbocycles. The number of hydrogen-bond acceptors (Lipinski definition) is 7. The zero-order valence-corrected chi connectivity index (χ0v) is 17.0. The van der Waals surface area contributed by atoms with Gasteiger partial charge in [-0.25, -0.2) is 0 Å². The maximum Gasteiger partial charge on any atom is 0.329 e. The first-order valence-corrected chi connectivity index (χ1v) is 9.19.